The van der Waals surface area contributed by atoms with Crippen LogP contribution in [-0.2, 0) is 16.6 Å². The number of hydrogen-bond acceptors (Lipinski definition) is 3. The van der Waals surface area contributed by atoms with Crippen molar-refractivity contribution in [1.29, 1.82) is 0 Å². The summed E-state index contributed by atoms with van der Waals surface area (Å²) >= 11 is 0. The summed E-state index contributed by atoms with van der Waals surface area (Å²) in [7, 11) is -1.62. The van der Waals surface area contributed by atoms with E-state index in [9.17, 15) is 8.42 Å². The fraction of sp³-hybridized carbons (Fsp3) is 0.333. The van der Waals surface area contributed by atoms with Gasteiger partial charge < -0.3 is 5.11 Å². The number of hydrogen-bond donors (Lipinski definition) is 1. The van der Waals surface area contributed by atoms with E-state index in [0.717, 1.165) is 11.8 Å². The van der Waals surface area contributed by atoms with Crippen LogP contribution in [-0.4, -0.2) is 31.1 Å². The Morgan fingerprint density at radius 1 is 1.29 bits per heavy atom. The molecule has 1 rings (SSSR count). The first kappa shape index (κ1) is 11.0. The molecule has 0 aliphatic carbocycles. The molecule has 1 N–H and O–H groups in total. The first-order valence-corrected chi connectivity index (χ1v) is 5.93. The highest BCUT2D eigenvalue weighted by Crippen LogP contribution is 2.11. The lowest BCUT2D eigenvalue weighted by Crippen LogP contribution is -2.24. The van der Waals surface area contributed by atoms with Crippen LogP contribution in [0.3, 0.4) is 0 Å². The van der Waals surface area contributed by atoms with E-state index in [1.807, 2.05) is 0 Å². The Kier molecular flexibility index (Phi) is 3.13. The zero-order valence-electron chi connectivity index (χ0n) is 8.14. The van der Waals surface area contributed by atoms with Crippen LogP contribution in [0.5, 0.6) is 5.75 Å². The van der Waals surface area contributed by atoms with Crippen molar-refractivity contribution in [3.8, 4) is 5.75 Å². The van der Waals surface area contributed by atoms with Crippen molar-refractivity contribution >= 4 is 10.0 Å². The molecule has 0 aliphatic heterocycles. The standard InChI is InChI=1S/C9H13NO3S/c1-10(14(2,12)13)7-8-3-5-9(11)6-4-8/h3-6,11H,7H2,1-2H3. The minimum absolute atomic E-state index is 0.177. The fourth-order valence-electron chi connectivity index (χ4n) is 0.976. The highest BCUT2D eigenvalue weighted by atomic mass is 32.2. The number of sulfonamides is 1. The molecule has 14 heavy (non-hydrogen) atoms. The molecular weight excluding hydrogens is 202 g/mol. The largest absolute Gasteiger partial charge is 0.508 e. The third-order valence-electron chi connectivity index (χ3n) is 1.91. The molecule has 0 fully saturated rings. The minimum Gasteiger partial charge on any atom is -0.508 e. The number of nitrogens with zero attached hydrogens (tertiary/aromatic N) is 1. The van der Waals surface area contributed by atoms with Gasteiger partial charge in [-0.25, -0.2) is 12.7 Å². The van der Waals surface area contributed by atoms with Crippen LogP contribution in [0.4, 0.5) is 0 Å². The summed E-state index contributed by atoms with van der Waals surface area (Å²) in [5, 5.41) is 9.02. The van der Waals surface area contributed by atoms with Crippen LogP contribution >= 0.6 is 0 Å². The summed E-state index contributed by atoms with van der Waals surface area (Å²) in [6, 6.07) is 6.45. The van der Waals surface area contributed by atoms with Crippen molar-refractivity contribution in [2.45, 2.75) is 6.54 Å². The molecule has 0 heterocycles. The number of benzene rings is 1. The number of rotatable bonds is 3. The van der Waals surface area contributed by atoms with Crippen molar-refractivity contribution in [3.63, 3.8) is 0 Å². The van der Waals surface area contributed by atoms with E-state index < -0.39 is 10.0 Å². The van der Waals surface area contributed by atoms with Crippen molar-refractivity contribution in [2.24, 2.45) is 0 Å². The second-order valence-electron chi connectivity index (χ2n) is 3.19. The van der Waals surface area contributed by atoms with Crippen LogP contribution in [0, 0.1) is 0 Å². The van der Waals surface area contributed by atoms with Gasteiger partial charge in [-0.1, -0.05) is 12.1 Å². The molecule has 1 aromatic carbocycles. The van der Waals surface area contributed by atoms with Crippen molar-refractivity contribution in [2.75, 3.05) is 13.3 Å². The summed E-state index contributed by atoms with van der Waals surface area (Å²) in [6.45, 7) is 0.319. The van der Waals surface area contributed by atoms with Crippen molar-refractivity contribution in [1.82, 2.24) is 4.31 Å². The third kappa shape index (κ3) is 3.01. The fourth-order valence-corrected chi connectivity index (χ4v) is 1.36. The predicted octanol–water partition coefficient (Wildman–Crippen LogP) is 0.784. The maximum absolute atomic E-state index is 11.1. The lowest BCUT2D eigenvalue weighted by Gasteiger charge is -2.13. The minimum atomic E-state index is -3.14. The SMILES string of the molecule is CN(Cc1ccc(O)cc1)S(C)(=O)=O. The molecule has 0 bridgehead atoms. The van der Waals surface area contributed by atoms with E-state index in [-0.39, 0.29) is 5.75 Å². The first-order valence-electron chi connectivity index (χ1n) is 4.09. The number of phenols is 1. The second-order valence-corrected chi connectivity index (χ2v) is 5.27. The average Bonchev–Trinajstić information content (AvgIpc) is 2.07. The summed E-state index contributed by atoms with van der Waals surface area (Å²) in [5.41, 5.74) is 0.843. The molecule has 4 nitrogen and oxygen atoms in total. The maximum Gasteiger partial charge on any atom is 0.211 e. The Labute approximate surface area is 83.8 Å². The quantitative estimate of drug-likeness (QED) is 0.810. The Morgan fingerprint density at radius 2 is 1.79 bits per heavy atom. The Bertz CT molecular complexity index is 397. The molecule has 0 aliphatic rings. The van der Waals surface area contributed by atoms with Gasteiger partial charge in [-0.3, -0.25) is 0 Å². The summed E-state index contributed by atoms with van der Waals surface area (Å²) in [5.74, 6) is 0.177. The van der Waals surface area contributed by atoms with E-state index >= 15 is 0 Å². The lowest BCUT2D eigenvalue weighted by atomic mass is 10.2. The monoisotopic (exact) mass is 215 g/mol. The van der Waals surface area contributed by atoms with Gasteiger partial charge >= 0.3 is 0 Å². The Balaban J connectivity index is 2.75. The molecule has 0 radical (unpaired) electrons. The van der Waals surface area contributed by atoms with E-state index in [0.29, 0.717) is 6.54 Å². The van der Waals surface area contributed by atoms with E-state index in [1.54, 1.807) is 12.1 Å². The summed E-state index contributed by atoms with van der Waals surface area (Å²) in [6.07, 6.45) is 1.16. The summed E-state index contributed by atoms with van der Waals surface area (Å²) in [4.78, 5) is 0. The van der Waals surface area contributed by atoms with Gasteiger partial charge in [-0.15, -0.1) is 0 Å². The van der Waals surface area contributed by atoms with Gasteiger partial charge in [0, 0.05) is 13.6 Å². The molecule has 0 atom stereocenters. The van der Waals surface area contributed by atoms with Crippen LogP contribution in [0.1, 0.15) is 5.56 Å². The van der Waals surface area contributed by atoms with Crippen molar-refractivity contribution in [3.05, 3.63) is 29.8 Å². The highest BCUT2D eigenvalue weighted by Gasteiger charge is 2.10. The highest BCUT2D eigenvalue weighted by molar-refractivity contribution is 7.88. The van der Waals surface area contributed by atoms with Crippen LogP contribution in [0.2, 0.25) is 0 Å². The van der Waals surface area contributed by atoms with Gasteiger partial charge in [-0.2, -0.15) is 0 Å². The molecule has 1 aromatic rings. The van der Waals surface area contributed by atoms with E-state index in [2.05, 4.69) is 0 Å². The van der Waals surface area contributed by atoms with E-state index in [1.165, 1.54) is 23.5 Å². The molecule has 0 saturated heterocycles. The predicted molar refractivity (Wildman–Crippen MR) is 54.4 cm³/mol. The number of aromatic hydroxyl groups is 1. The molecule has 0 unspecified atom stereocenters. The van der Waals surface area contributed by atoms with Gasteiger partial charge in [0.15, 0.2) is 0 Å². The average molecular weight is 215 g/mol. The Hall–Kier alpha value is -1.07. The normalized spacial score (nSPS) is 11.9. The van der Waals surface area contributed by atoms with Crippen LogP contribution in [0.15, 0.2) is 24.3 Å². The van der Waals surface area contributed by atoms with Gasteiger partial charge in [0.05, 0.1) is 6.26 Å². The van der Waals surface area contributed by atoms with Crippen molar-refractivity contribution < 1.29 is 13.5 Å². The smallest absolute Gasteiger partial charge is 0.211 e. The lowest BCUT2D eigenvalue weighted by molar-refractivity contribution is 0.467. The molecular formula is C9H13NO3S. The van der Waals surface area contributed by atoms with Gasteiger partial charge in [0.25, 0.3) is 0 Å². The zero-order chi connectivity index (χ0) is 10.8. The van der Waals surface area contributed by atoms with E-state index in [4.69, 9.17) is 5.11 Å². The van der Waals surface area contributed by atoms with Crippen LogP contribution < -0.4 is 0 Å². The number of phenolic OH excluding ortho intramolecular Hbond substituents is 1. The topological polar surface area (TPSA) is 57.6 Å². The molecule has 0 amide bonds. The zero-order valence-corrected chi connectivity index (χ0v) is 8.95. The second kappa shape index (κ2) is 3.98. The first-order chi connectivity index (χ1) is 6.39. The summed E-state index contributed by atoms with van der Waals surface area (Å²) < 4.78 is 23.4. The molecule has 5 heteroatoms. The molecule has 0 saturated carbocycles. The van der Waals surface area contributed by atoms with Gasteiger partial charge in [-0.05, 0) is 17.7 Å². The maximum atomic E-state index is 11.1. The molecule has 0 spiro atoms. The van der Waals surface area contributed by atoms with Gasteiger partial charge in [0.1, 0.15) is 5.75 Å². The third-order valence-corrected chi connectivity index (χ3v) is 3.17. The Morgan fingerprint density at radius 3 is 2.21 bits per heavy atom. The molecule has 78 valence electrons. The van der Waals surface area contributed by atoms with Gasteiger partial charge in [0.2, 0.25) is 10.0 Å². The molecule has 0 aromatic heterocycles. The van der Waals surface area contributed by atoms with Crippen LogP contribution in [0.25, 0.3) is 0 Å².